The van der Waals surface area contributed by atoms with E-state index >= 15 is 0 Å². The van der Waals surface area contributed by atoms with Crippen molar-refractivity contribution in [1.29, 1.82) is 0 Å². The van der Waals surface area contributed by atoms with Crippen molar-refractivity contribution in [3.8, 4) is 0 Å². The van der Waals surface area contributed by atoms with Gasteiger partial charge < -0.3 is 10.4 Å². The van der Waals surface area contributed by atoms with E-state index in [0.717, 1.165) is 6.26 Å². The van der Waals surface area contributed by atoms with Crippen LogP contribution in [0.15, 0.2) is 29.2 Å². The fourth-order valence-electron chi connectivity index (χ4n) is 1.30. The second kappa shape index (κ2) is 5.97. The lowest BCUT2D eigenvalue weighted by molar-refractivity contribution is 0.0942. The molecule has 0 aliphatic rings. The summed E-state index contributed by atoms with van der Waals surface area (Å²) in [5.74, 6) is -0.382. The zero-order valence-electron chi connectivity index (χ0n) is 10.4. The molecule has 0 radical (unpaired) electrons. The number of sulfone groups is 1. The first-order valence-corrected chi connectivity index (χ1v) is 7.43. The Morgan fingerprint density at radius 2 is 2.11 bits per heavy atom. The molecule has 0 aliphatic heterocycles. The normalized spacial score (nSPS) is 13.1. The van der Waals surface area contributed by atoms with Crippen molar-refractivity contribution >= 4 is 15.7 Å². The molecule has 0 spiro atoms. The van der Waals surface area contributed by atoms with Gasteiger partial charge in [0.2, 0.25) is 0 Å². The largest absolute Gasteiger partial charge is 0.396 e. The van der Waals surface area contributed by atoms with Gasteiger partial charge in [-0.15, -0.1) is 0 Å². The Bertz CT molecular complexity index is 525. The van der Waals surface area contributed by atoms with Crippen LogP contribution in [0.3, 0.4) is 0 Å². The van der Waals surface area contributed by atoms with Gasteiger partial charge in [-0.25, -0.2) is 8.42 Å². The molecule has 1 atom stereocenters. The highest BCUT2D eigenvalue weighted by Gasteiger charge is 2.12. The number of nitrogens with one attached hydrogen (secondary N) is 1. The van der Waals surface area contributed by atoms with Crippen LogP contribution >= 0.6 is 0 Å². The van der Waals surface area contributed by atoms with Gasteiger partial charge in [0.15, 0.2) is 9.84 Å². The number of hydrogen-bond donors (Lipinski definition) is 2. The van der Waals surface area contributed by atoms with Gasteiger partial charge in [-0.2, -0.15) is 0 Å². The smallest absolute Gasteiger partial charge is 0.251 e. The minimum Gasteiger partial charge on any atom is -0.396 e. The molecule has 0 heterocycles. The number of carbonyl (C=O) groups is 1. The predicted octanol–water partition coefficient (Wildman–Crippen LogP) is 0.448. The van der Waals surface area contributed by atoms with E-state index < -0.39 is 9.84 Å². The summed E-state index contributed by atoms with van der Waals surface area (Å²) in [5, 5.41) is 11.5. The number of hydrogen-bond acceptors (Lipinski definition) is 4. The van der Waals surface area contributed by atoms with Crippen molar-refractivity contribution in [2.45, 2.75) is 11.8 Å². The fourth-order valence-corrected chi connectivity index (χ4v) is 1.97. The van der Waals surface area contributed by atoms with Crippen LogP contribution in [0.5, 0.6) is 0 Å². The van der Waals surface area contributed by atoms with E-state index in [1.165, 1.54) is 18.2 Å². The quantitative estimate of drug-likeness (QED) is 0.814. The molecule has 100 valence electrons. The third kappa shape index (κ3) is 4.12. The highest BCUT2D eigenvalue weighted by atomic mass is 32.2. The lowest BCUT2D eigenvalue weighted by Crippen LogP contribution is -2.29. The van der Waals surface area contributed by atoms with Crippen LogP contribution in [0.25, 0.3) is 0 Å². The van der Waals surface area contributed by atoms with Gasteiger partial charge in [-0.1, -0.05) is 13.0 Å². The molecule has 2 N–H and O–H groups in total. The van der Waals surface area contributed by atoms with Crippen LogP contribution in [-0.2, 0) is 9.84 Å². The highest BCUT2D eigenvalue weighted by molar-refractivity contribution is 7.90. The van der Waals surface area contributed by atoms with Gasteiger partial charge in [0.25, 0.3) is 5.91 Å². The molecule has 1 rings (SSSR count). The third-order valence-corrected chi connectivity index (χ3v) is 3.56. The Balaban J connectivity index is 2.81. The molecular weight excluding hydrogens is 254 g/mol. The Morgan fingerprint density at radius 1 is 1.44 bits per heavy atom. The zero-order chi connectivity index (χ0) is 13.8. The van der Waals surface area contributed by atoms with E-state index in [4.69, 9.17) is 5.11 Å². The molecule has 6 heteroatoms. The predicted molar refractivity (Wildman–Crippen MR) is 68.1 cm³/mol. The molecule has 18 heavy (non-hydrogen) atoms. The lowest BCUT2D eigenvalue weighted by Gasteiger charge is -2.10. The fraction of sp³-hybridized carbons (Fsp3) is 0.417. The van der Waals surface area contributed by atoms with Crippen molar-refractivity contribution in [3.05, 3.63) is 29.8 Å². The Morgan fingerprint density at radius 3 is 2.67 bits per heavy atom. The summed E-state index contributed by atoms with van der Waals surface area (Å²) in [5.41, 5.74) is 0.295. The van der Waals surface area contributed by atoms with Crippen molar-refractivity contribution in [3.63, 3.8) is 0 Å². The summed E-state index contributed by atoms with van der Waals surface area (Å²) in [4.78, 5) is 11.9. The highest BCUT2D eigenvalue weighted by Crippen LogP contribution is 2.11. The van der Waals surface area contributed by atoms with Gasteiger partial charge in [0.1, 0.15) is 0 Å². The van der Waals surface area contributed by atoms with Crippen molar-refractivity contribution in [2.24, 2.45) is 5.92 Å². The standard InChI is InChI=1S/C12H17NO4S/c1-9(8-14)7-13-12(15)10-4-3-5-11(6-10)18(2,16)17/h3-6,9,14H,7-8H2,1-2H3,(H,13,15). The molecule has 0 bridgehead atoms. The maximum absolute atomic E-state index is 11.8. The number of aliphatic hydroxyl groups is 1. The van der Waals surface area contributed by atoms with Crippen LogP contribution in [0.1, 0.15) is 17.3 Å². The van der Waals surface area contributed by atoms with Crippen LogP contribution in [0, 0.1) is 5.92 Å². The van der Waals surface area contributed by atoms with E-state index in [-0.39, 0.29) is 23.3 Å². The number of rotatable bonds is 5. The monoisotopic (exact) mass is 271 g/mol. The van der Waals surface area contributed by atoms with E-state index in [1.54, 1.807) is 13.0 Å². The number of carbonyl (C=O) groups excluding carboxylic acids is 1. The van der Waals surface area contributed by atoms with Crippen molar-refractivity contribution < 1.29 is 18.3 Å². The van der Waals surface area contributed by atoms with E-state index in [1.807, 2.05) is 0 Å². The summed E-state index contributed by atoms with van der Waals surface area (Å²) < 4.78 is 22.7. The summed E-state index contributed by atoms with van der Waals surface area (Å²) in [6.07, 6.45) is 1.10. The molecule has 1 unspecified atom stereocenters. The third-order valence-electron chi connectivity index (χ3n) is 2.45. The summed E-state index contributed by atoms with van der Waals surface area (Å²) >= 11 is 0. The molecule has 0 saturated carbocycles. The van der Waals surface area contributed by atoms with Gasteiger partial charge in [-0.3, -0.25) is 4.79 Å². The second-order valence-corrected chi connectivity index (χ2v) is 6.31. The average Bonchev–Trinajstić information content (AvgIpc) is 2.34. The second-order valence-electron chi connectivity index (χ2n) is 4.30. The molecule has 1 aromatic carbocycles. The average molecular weight is 271 g/mol. The maximum Gasteiger partial charge on any atom is 0.251 e. The van der Waals surface area contributed by atoms with Crippen LogP contribution < -0.4 is 5.32 Å². The van der Waals surface area contributed by atoms with Crippen LogP contribution in [-0.4, -0.2) is 38.8 Å². The first-order chi connectivity index (χ1) is 8.34. The first kappa shape index (κ1) is 14.7. The Labute approximate surface area is 107 Å². The first-order valence-electron chi connectivity index (χ1n) is 5.53. The van der Waals surface area contributed by atoms with E-state index in [9.17, 15) is 13.2 Å². The summed E-state index contributed by atoms with van der Waals surface area (Å²) in [6, 6.07) is 5.87. The van der Waals surface area contributed by atoms with Crippen molar-refractivity contribution in [2.75, 3.05) is 19.4 Å². The molecule has 0 saturated heterocycles. The summed E-state index contributed by atoms with van der Waals surface area (Å²) in [7, 11) is -3.31. The number of aliphatic hydroxyl groups excluding tert-OH is 1. The zero-order valence-corrected chi connectivity index (χ0v) is 11.2. The van der Waals surface area contributed by atoms with Crippen molar-refractivity contribution in [1.82, 2.24) is 5.32 Å². The van der Waals surface area contributed by atoms with E-state index in [2.05, 4.69) is 5.32 Å². The molecular formula is C12H17NO4S. The molecule has 0 aromatic heterocycles. The molecule has 0 aliphatic carbocycles. The Hall–Kier alpha value is -1.40. The summed E-state index contributed by atoms with van der Waals surface area (Å²) in [6.45, 7) is 2.13. The molecule has 0 fully saturated rings. The topological polar surface area (TPSA) is 83.5 Å². The number of amides is 1. The minimum absolute atomic E-state index is 0.0103. The molecule has 5 nitrogen and oxygen atoms in total. The van der Waals surface area contributed by atoms with E-state index in [0.29, 0.717) is 12.1 Å². The number of benzene rings is 1. The molecule has 1 amide bonds. The Kier molecular flexibility index (Phi) is 4.86. The minimum atomic E-state index is -3.31. The van der Waals surface area contributed by atoms with Gasteiger partial charge >= 0.3 is 0 Å². The lowest BCUT2D eigenvalue weighted by atomic mass is 10.2. The van der Waals surface area contributed by atoms with Crippen LogP contribution in [0.4, 0.5) is 0 Å². The van der Waals surface area contributed by atoms with Gasteiger partial charge in [-0.05, 0) is 24.1 Å². The van der Waals surface area contributed by atoms with Gasteiger partial charge in [0, 0.05) is 25.0 Å². The van der Waals surface area contributed by atoms with Gasteiger partial charge in [0.05, 0.1) is 4.90 Å². The SMILES string of the molecule is CC(CO)CNC(=O)c1cccc(S(C)(=O)=O)c1. The maximum atomic E-state index is 11.8. The molecule has 1 aromatic rings. The van der Waals surface area contributed by atoms with Crippen LogP contribution in [0.2, 0.25) is 0 Å².